The highest BCUT2D eigenvalue weighted by atomic mass is 28.3. The van der Waals surface area contributed by atoms with E-state index in [2.05, 4.69) is 19.6 Å². The molecule has 0 saturated carbocycles. The topological polar surface area (TPSA) is 40.5 Å². The maximum Gasteiger partial charge on any atom is 0.253 e. The molecular weight excluding hydrogens is 242 g/mol. The van der Waals surface area contributed by atoms with Gasteiger partial charge in [0.25, 0.3) is 5.91 Å². The first-order chi connectivity index (χ1) is 8.32. The minimum absolute atomic E-state index is 0.0216. The smallest absolute Gasteiger partial charge is 0.253 e. The van der Waals surface area contributed by atoms with E-state index in [9.17, 15) is 9.90 Å². The van der Waals surface area contributed by atoms with Crippen molar-refractivity contribution in [3.63, 3.8) is 0 Å². The van der Waals surface area contributed by atoms with Crippen molar-refractivity contribution in [2.45, 2.75) is 33.5 Å². The Bertz CT molecular complexity index is 434. The lowest BCUT2D eigenvalue weighted by Crippen LogP contribution is -2.44. The maximum atomic E-state index is 12.5. The van der Waals surface area contributed by atoms with E-state index in [4.69, 9.17) is 0 Å². The van der Waals surface area contributed by atoms with Crippen molar-refractivity contribution in [3.05, 3.63) is 23.8 Å². The molecular formula is C14H23NO2Si. The van der Waals surface area contributed by atoms with E-state index in [0.717, 1.165) is 5.19 Å². The fourth-order valence-electron chi connectivity index (χ4n) is 2.19. The van der Waals surface area contributed by atoms with Crippen molar-refractivity contribution in [3.8, 4) is 5.75 Å². The fraction of sp³-hybridized carbons (Fsp3) is 0.500. The summed E-state index contributed by atoms with van der Waals surface area (Å²) in [6.07, 6.45) is 0. The molecule has 0 radical (unpaired) electrons. The highest BCUT2D eigenvalue weighted by molar-refractivity contribution is 6.90. The Labute approximate surface area is 110 Å². The number of carbonyl (C=O) groups excluding carboxylic acids is 1. The molecule has 3 nitrogen and oxygen atoms in total. The molecule has 0 fully saturated rings. The third-order valence-electron chi connectivity index (χ3n) is 3.07. The molecule has 1 aromatic rings. The van der Waals surface area contributed by atoms with Crippen LogP contribution < -0.4 is 5.19 Å². The second-order valence-electron chi connectivity index (χ2n) is 5.43. The zero-order chi connectivity index (χ0) is 13.9. The highest BCUT2D eigenvalue weighted by Gasteiger charge is 2.28. The number of amides is 1. The van der Waals surface area contributed by atoms with Crippen molar-refractivity contribution in [2.75, 3.05) is 13.1 Å². The number of phenols is 1. The summed E-state index contributed by atoms with van der Waals surface area (Å²) in [6.45, 7) is 11.7. The molecule has 0 spiro atoms. The normalized spacial score (nSPS) is 11.4. The van der Waals surface area contributed by atoms with Gasteiger partial charge in [0.1, 0.15) is 5.75 Å². The van der Waals surface area contributed by atoms with Crippen LogP contribution in [0.2, 0.25) is 19.6 Å². The van der Waals surface area contributed by atoms with Gasteiger partial charge in [0.15, 0.2) is 0 Å². The van der Waals surface area contributed by atoms with Gasteiger partial charge in [-0.05, 0) is 31.2 Å². The number of aromatic hydroxyl groups is 1. The third kappa shape index (κ3) is 2.93. The Hall–Kier alpha value is -1.29. The van der Waals surface area contributed by atoms with Gasteiger partial charge in [-0.15, -0.1) is 0 Å². The third-order valence-corrected chi connectivity index (χ3v) is 5.10. The first-order valence-corrected chi connectivity index (χ1v) is 9.94. The van der Waals surface area contributed by atoms with Crippen LogP contribution >= 0.6 is 0 Å². The van der Waals surface area contributed by atoms with Crippen LogP contribution in [-0.2, 0) is 0 Å². The molecule has 1 rings (SSSR count). The van der Waals surface area contributed by atoms with Gasteiger partial charge in [-0.2, -0.15) is 0 Å². The standard InChI is InChI=1S/C14H23NO2Si/c1-6-15(7-2)14(17)11-9-8-10-12(16)13(11)18(3,4)5/h8-10,16H,6-7H2,1-5H3. The predicted octanol–water partition coefficient (Wildman–Crippen LogP) is 2.42. The number of nitrogens with zero attached hydrogens (tertiary/aromatic N) is 1. The van der Waals surface area contributed by atoms with Crippen LogP contribution in [0.25, 0.3) is 0 Å². The molecule has 0 aliphatic heterocycles. The van der Waals surface area contributed by atoms with E-state index in [1.807, 2.05) is 19.9 Å². The van der Waals surface area contributed by atoms with Crippen LogP contribution in [0, 0.1) is 0 Å². The summed E-state index contributed by atoms with van der Waals surface area (Å²) in [7, 11) is -1.75. The van der Waals surface area contributed by atoms with E-state index in [1.54, 1.807) is 17.0 Å². The van der Waals surface area contributed by atoms with E-state index in [1.165, 1.54) is 0 Å². The summed E-state index contributed by atoms with van der Waals surface area (Å²) in [5, 5.41) is 10.9. The van der Waals surface area contributed by atoms with Crippen molar-refractivity contribution in [1.82, 2.24) is 4.90 Å². The second kappa shape index (κ2) is 5.57. The lowest BCUT2D eigenvalue weighted by molar-refractivity contribution is 0.0774. The van der Waals surface area contributed by atoms with Crippen LogP contribution in [0.15, 0.2) is 18.2 Å². The van der Waals surface area contributed by atoms with Gasteiger partial charge in [-0.3, -0.25) is 4.79 Å². The molecule has 100 valence electrons. The van der Waals surface area contributed by atoms with Gasteiger partial charge in [0, 0.05) is 18.7 Å². The SMILES string of the molecule is CCN(CC)C(=O)c1cccc(O)c1[Si](C)(C)C. The van der Waals surface area contributed by atoms with Crippen LogP contribution in [-0.4, -0.2) is 37.1 Å². The second-order valence-corrected chi connectivity index (χ2v) is 10.4. The summed E-state index contributed by atoms with van der Waals surface area (Å²) in [6, 6.07) is 5.25. The first kappa shape index (κ1) is 14.8. The molecule has 0 unspecified atom stereocenters. The molecule has 0 saturated heterocycles. The van der Waals surface area contributed by atoms with E-state index < -0.39 is 8.07 Å². The molecule has 1 amide bonds. The molecule has 0 atom stereocenters. The first-order valence-electron chi connectivity index (χ1n) is 6.44. The lowest BCUT2D eigenvalue weighted by atomic mass is 10.2. The predicted molar refractivity (Wildman–Crippen MR) is 78.3 cm³/mol. The van der Waals surface area contributed by atoms with Crippen LogP contribution in [0.5, 0.6) is 5.75 Å². The number of hydrogen-bond acceptors (Lipinski definition) is 2. The average Bonchev–Trinajstić information content (AvgIpc) is 2.28. The van der Waals surface area contributed by atoms with Crippen molar-refractivity contribution in [1.29, 1.82) is 0 Å². The molecule has 18 heavy (non-hydrogen) atoms. The Morgan fingerprint density at radius 2 is 1.78 bits per heavy atom. The Kier molecular flexibility index (Phi) is 4.57. The van der Waals surface area contributed by atoms with Gasteiger partial charge in [0.05, 0.1) is 8.07 Å². The number of benzene rings is 1. The van der Waals surface area contributed by atoms with Crippen molar-refractivity contribution in [2.24, 2.45) is 0 Å². The zero-order valence-electron chi connectivity index (χ0n) is 11.9. The van der Waals surface area contributed by atoms with E-state index in [-0.39, 0.29) is 11.7 Å². The summed E-state index contributed by atoms with van der Waals surface area (Å²) in [5.74, 6) is 0.278. The van der Waals surface area contributed by atoms with Crippen LogP contribution in [0.1, 0.15) is 24.2 Å². The van der Waals surface area contributed by atoms with Crippen molar-refractivity contribution < 1.29 is 9.90 Å². The molecule has 0 aliphatic carbocycles. The van der Waals surface area contributed by atoms with Gasteiger partial charge >= 0.3 is 0 Å². The van der Waals surface area contributed by atoms with Crippen LogP contribution in [0.3, 0.4) is 0 Å². The number of rotatable bonds is 4. The van der Waals surface area contributed by atoms with Gasteiger partial charge in [-0.25, -0.2) is 0 Å². The fourth-order valence-corrected chi connectivity index (χ4v) is 4.04. The molecule has 1 aromatic carbocycles. The van der Waals surface area contributed by atoms with Crippen LogP contribution in [0.4, 0.5) is 0 Å². The monoisotopic (exact) mass is 265 g/mol. The van der Waals surface area contributed by atoms with E-state index in [0.29, 0.717) is 18.7 Å². The minimum atomic E-state index is -1.75. The van der Waals surface area contributed by atoms with Crippen molar-refractivity contribution >= 4 is 19.2 Å². The van der Waals surface area contributed by atoms with Gasteiger partial charge in [0.2, 0.25) is 0 Å². The summed E-state index contributed by atoms with van der Waals surface area (Å²) in [5.41, 5.74) is 0.665. The average molecular weight is 265 g/mol. The molecule has 4 heteroatoms. The number of carbonyl (C=O) groups is 1. The Morgan fingerprint density at radius 3 is 2.22 bits per heavy atom. The van der Waals surface area contributed by atoms with Gasteiger partial charge in [-0.1, -0.05) is 25.7 Å². The zero-order valence-corrected chi connectivity index (χ0v) is 12.9. The quantitative estimate of drug-likeness (QED) is 0.849. The maximum absolute atomic E-state index is 12.5. The summed E-state index contributed by atoms with van der Waals surface area (Å²) >= 11 is 0. The minimum Gasteiger partial charge on any atom is -0.508 e. The lowest BCUT2D eigenvalue weighted by Gasteiger charge is -2.25. The molecule has 0 aliphatic rings. The number of hydrogen-bond donors (Lipinski definition) is 1. The molecule has 1 N–H and O–H groups in total. The molecule has 0 aromatic heterocycles. The molecule has 0 heterocycles. The Morgan fingerprint density at radius 1 is 1.22 bits per heavy atom. The number of phenolic OH excluding ortho intramolecular Hbond substituents is 1. The van der Waals surface area contributed by atoms with E-state index >= 15 is 0 Å². The largest absolute Gasteiger partial charge is 0.508 e. The summed E-state index contributed by atoms with van der Waals surface area (Å²) in [4.78, 5) is 14.3. The highest BCUT2D eigenvalue weighted by Crippen LogP contribution is 2.17. The molecule has 0 bridgehead atoms. The summed E-state index contributed by atoms with van der Waals surface area (Å²) < 4.78 is 0. The Balaban J connectivity index is 3.33. The van der Waals surface area contributed by atoms with Gasteiger partial charge < -0.3 is 10.0 Å².